The van der Waals surface area contributed by atoms with Gasteiger partial charge in [0.15, 0.2) is 0 Å². The molecule has 0 saturated heterocycles. The second kappa shape index (κ2) is 7.10. The Bertz CT molecular complexity index is 477. The summed E-state index contributed by atoms with van der Waals surface area (Å²) >= 11 is 3.36. The Labute approximate surface area is 125 Å². The number of ether oxygens (including phenoxy) is 1. The number of thiophene rings is 1. The van der Waals surface area contributed by atoms with E-state index >= 15 is 0 Å². The van der Waals surface area contributed by atoms with Crippen LogP contribution < -0.4 is 0 Å². The highest BCUT2D eigenvalue weighted by molar-refractivity contribution is 7.98. The maximum Gasteiger partial charge on any atom is 0.323 e. The molecule has 1 N–H and O–H groups in total. The van der Waals surface area contributed by atoms with Crippen molar-refractivity contribution >= 4 is 35.0 Å². The van der Waals surface area contributed by atoms with Crippen molar-refractivity contribution in [3.8, 4) is 0 Å². The lowest BCUT2D eigenvalue weighted by molar-refractivity contribution is -0.137. The molecular weight excluding hydrogens is 298 g/mol. The van der Waals surface area contributed by atoms with Gasteiger partial charge in [-0.25, -0.2) is 0 Å². The molecular formula is C13H17NO4S2. The fourth-order valence-corrected chi connectivity index (χ4v) is 4.37. The van der Waals surface area contributed by atoms with Crippen LogP contribution in [0.1, 0.15) is 20.1 Å². The molecule has 1 aromatic heterocycles. The summed E-state index contributed by atoms with van der Waals surface area (Å²) in [4.78, 5) is 26.5. The molecule has 0 fully saturated rings. The smallest absolute Gasteiger partial charge is 0.323 e. The van der Waals surface area contributed by atoms with E-state index in [9.17, 15) is 9.59 Å². The molecule has 1 aliphatic rings. The fourth-order valence-electron chi connectivity index (χ4n) is 2.03. The molecule has 0 aliphatic carbocycles. The molecule has 1 amide bonds. The molecule has 2 heterocycles. The molecule has 1 aliphatic heterocycles. The number of hydrogen-bond acceptors (Lipinski definition) is 5. The van der Waals surface area contributed by atoms with E-state index < -0.39 is 5.97 Å². The molecule has 0 aromatic carbocycles. The zero-order valence-electron chi connectivity index (χ0n) is 11.3. The Morgan fingerprint density at radius 2 is 2.30 bits per heavy atom. The van der Waals surface area contributed by atoms with Gasteiger partial charge >= 0.3 is 5.97 Å². The minimum atomic E-state index is -1.01. The van der Waals surface area contributed by atoms with Crippen LogP contribution in [0.5, 0.6) is 0 Å². The quantitative estimate of drug-likeness (QED) is 0.865. The van der Waals surface area contributed by atoms with Gasteiger partial charge < -0.3 is 14.7 Å². The Kier molecular flexibility index (Phi) is 5.45. The van der Waals surface area contributed by atoms with Gasteiger partial charge in [-0.3, -0.25) is 9.59 Å². The third-order valence-corrected chi connectivity index (χ3v) is 5.25. The first kappa shape index (κ1) is 15.3. The number of fused-ring (bicyclic) bond motifs is 1. The summed E-state index contributed by atoms with van der Waals surface area (Å²) in [5.41, 5.74) is 1.22. The molecule has 5 nitrogen and oxygen atoms in total. The number of carbonyl (C=O) groups excluding carboxylic acids is 1. The summed E-state index contributed by atoms with van der Waals surface area (Å²) in [5.74, 6) is 0.805. The standard InChI is InChI=1S/C13H17NO4S2/c1-18-4-3-14(7-12(15)16)13(17)11-6-9-8-19-5-2-10(9)20-11/h6H,2-5,7-8H2,1H3,(H,15,16). The Morgan fingerprint density at radius 1 is 1.50 bits per heavy atom. The summed E-state index contributed by atoms with van der Waals surface area (Å²) in [6.45, 7) is 0.332. The predicted octanol–water partition coefficient (Wildman–Crippen LogP) is 1.71. The van der Waals surface area contributed by atoms with Crippen molar-refractivity contribution in [2.75, 3.05) is 32.6 Å². The topological polar surface area (TPSA) is 66.8 Å². The molecule has 20 heavy (non-hydrogen) atoms. The molecule has 0 unspecified atom stereocenters. The van der Waals surface area contributed by atoms with E-state index in [-0.39, 0.29) is 12.5 Å². The summed E-state index contributed by atoms with van der Waals surface area (Å²) in [7, 11) is 1.53. The lowest BCUT2D eigenvalue weighted by atomic mass is 10.2. The molecule has 1 aromatic rings. The van der Waals surface area contributed by atoms with Crippen molar-refractivity contribution in [2.45, 2.75) is 12.2 Å². The van der Waals surface area contributed by atoms with Crippen molar-refractivity contribution in [3.05, 3.63) is 21.4 Å². The Hall–Kier alpha value is -1.05. The number of carboxylic acids is 1. The molecule has 2 rings (SSSR count). The van der Waals surface area contributed by atoms with Crippen LogP contribution in [0.4, 0.5) is 0 Å². The van der Waals surface area contributed by atoms with Crippen LogP contribution in [0.2, 0.25) is 0 Å². The van der Waals surface area contributed by atoms with E-state index in [0.717, 1.165) is 17.9 Å². The van der Waals surface area contributed by atoms with Gasteiger partial charge in [-0.05, 0) is 23.8 Å². The number of amides is 1. The zero-order chi connectivity index (χ0) is 14.5. The van der Waals surface area contributed by atoms with Gasteiger partial charge in [0.25, 0.3) is 5.91 Å². The van der Waals surface area contributed by atoms with E-state index in [4.69, 9.17) is 9.84 Å². The lowest BCUT2D eigenvalue weighted by Crippen LogP contribution is -2.37. The number of carboxylic acid groups (broad SMARTS) is 1. The molecule has 0 radical (unpaired) electrons. The van der Waals surface area contributed by atoms with Crippen molar-refractivity contribution in [3.63, 3.8) is 0 Å². The minimum Gasteiger partial charge on any atom is -0.480 e. The first-order valence-electron chi connectivity index (χ1n) is 6.31. The van der Waals surface area contributed by atoms with Gasteiger partial charge in [0.05, 0.1) is 11.5 Å². The summed E-state index contributed by atoms with van der Waals surface area (Å²) in [6.07, 6.45) is 0.995. The summed E-state index contributed by atoms with van der Waals surface area (Å²) < 4.78 is 4.93. The third-order valence-electron chi connectivity index (χ3n) is 3.02. The molecule has 0 atom stereocenters. The van der Waals surface area contributed by atoms with Crippen molar-refractivity contribution in [1.29, 1.82) is 0 Å². The van der Waals surface area contributed by atoms with Crippen LogP contribution in [0.25, 0.3) is 0 Å². The summed E-state index contributed by atoms with van der Waals surface area (Å²) in [6, 6.07) is 1.91. The van der Waals surface area contributed by atoms with Gasteiger partial charge in [0.2, 0.25) is 0 Å². The van der Waals surface area contributed by atoms with E-state index in [1.54, 1.807) is 0 Å². The fraction of sp³-hybridized carbons (Fsp3) is 0.538. The van der Waals surface area contributed by atoms with Crippen LogP contribution in [0.3, 0.4) is 0 Å². The molecule has 110 valence electrons. The van der Waals surface area contributed by atoms with E-state index in [1.807, 2.05) is 17.8 Å². The number of hydrogen-bond donors (Lipinski definition) is 1. The number of carbonyl (C=O) groups is 2. The van der Waals surface area contributed by atoms with Crippen LogP contribution in [-0.2, 0) is 21.7 Å². The van der Waals surface area contributed by atoms with E-state index in [0.29, 0.717) is 18.0 Å². The highest BCUT2D eigenvalue weighted by atomic mass is 32.2. The minimum absolute atomic E-state index is 0.214. The molecule has 7 heteroatoms. The normalized spacial score (nSPS) is 13.8. The van der Waals surface area contributed by atoms with Crippen molar-refractivity contribution in [1.82, 2.24) is 4.90 Å². The number of methoxy groups -OCH3 is 1. The maximum absolute atomic E-state index is 12.4. The molecule has 0 spiro atoms. The third kappa shape index (κ3) is 3.74. The number of rotatable bonds is 6. The highest BCUT2D eigenvalue weighted by Gasteiger charge is 2.23. The van der Waals surface area contributed by atoms with Gasteiger partial charge in [0.1, 0.15) is 6.54 Å². The van der Waals surface area contributed by atoms with E-state index in [1.165, 1.54) is 33.8 Å². The first-order chi connectivity index (χ1) is 9.61. The van der Waals surface area contributed by atoms with Crippen molar-refractivity contribution in [2.24, 2.45) is 0 Å². The summed E-state index contributed by atoms with van der Waals surface area (Å²) in [5, 5.41) is 8.91. The Morgan fingerprint density at radius 3 is 2.95 bits per heavy atom. The van der Waals surface area contributed by atoms with Crippen LogP contribution >= 0.6 is 23.1 Å². The van der Waals surface area contributed by atoms with Gasteiger partial charge in [0, 0.05) is 24.3 Å². The molecule has 0 bridgehead atoms. The van der Waals surface area contributed by atoms with Gasteiger partial charge in [-0.2, -0.15) is 11.8 Å². The van der Waals surface area contributed by atoms with Crippen LogP contribution in [0, 0.1) is 0 Å². The van der Waals surface area contributed by atoms with Gasteiger partial charge in [-0.1, -0.05) is 0 Å². The second-order valence-electron chi connectivity index (χ2n) is 4.47. The monoisotopic (exact) mass is 315 g/mol. The zero-order valence-corrected chi connectivity index (χ0v) is 12.9. The number of nitrogens with zero attached hydrogens (tertiary/aromatic N) is 1. The lowest BCUT2D eigenvalue weighted by Gasteiger charge is -2.19. The number of thioether (sulfide) groups is 1. The molecule has 0 saturated carbocycles. The second-order valence-corrected chi connectivity index (χ2v) is 6.72. The largest absolute Gasteiger partial charge is 0.480 e. The van der Waals surface area contributed by atoms with Crippen LogP contribution in [0.15, 0.2) is 6.07 Å². The average Bonchev–Trinajstić information content (AvgIpc) is 2.86. The highest BCUT2D eigenvalue weighted by Crippen LogP contribution is 2.32. The maximum atomic E-state index is 12.4. The predicted molar refractivity (Wildman–Crippen MR) is 79.6 cm³/mol. The SMILES string of the molecule is COCCN(CC(=O)O)C(=O)c1cc2c(s1)CCSC2. The first-order valence-corrected chi connectivity index (χ1v) is 8.28. The van der Waals surface area contributed by atoms with Crippen LogP contribution in [-0.4, -0.2) is 54.4 Å². The number of aryl methyl sites for hydroxylation is 1. The Balaban J connectivity index is 2.13. The average molecular weight is 315 g/mol. The van der Waals surface area contributed by atoms with Crippen molar-refractivity contribution < 1.29 is 19.4 Å². The van der Waals surface area contributed by atoms with E-state index in [2.05, 4.69) is 0 Å². The van der Waals surface area contributed by atoms with Gasteiger partial charge in [-0.15, -0.1) is 11.3 Å². The number of aliphatic carboxylic acids is 1.